The monoisotopic (exact) mass is 700 g/mol. The highest BCUT2D eigenvalue weighted by Gasteiger charge is 2.72. The summed E-state index contributed by atoms with van der Waals surface area (Å²) in [4.78, 5) is 40.0. The van der Waals surface area contributed by atoms with Crippen molar-refractivity contribution in [3.63, 3.8) is 0 Å². The van der Waals surface area contributed by atoms with E-state index in [1.54, 1.807) is 0 Å². The highest BCUT2D eigenvalue weighted by molar-refractivity contribution is 5.82. The molecule has 4 unspecified atom stereocenters. The molecule has 1 aromatic rings. The first-order chi connectivity index (χ1) is 23.8. The summed E-state index contributed by atoms with van der Waals surface area (Å²) >= 11 is 0. The van der Waals surface area contributed by atoms with Gasteiger partial charge in [-0.1, -0.05) is 91.0 Å². The average molecular weight is 701 g/mol. The highest BCUT2D eigenvalue weighted by Crippen LogP contribution is 2.77. The van der Waals surface area contributed by atoms with Gasteiger partial charge in [0, 0.05) is 5.41 Å². The lowest BCUT2D eigenvalue weighted by molar-refractivity contribution is -0.252. The first-order valence-corrected chi connectivity index (χ1v) is 20.1. The number of ether oxygens (including phenoxy) is 2. The molecule has 7 rings (SSSR count). The predicted octanol–water partition coefficient (Wildman–Crippen LogP) is 10.0. The van der Waals surface area contributed by atoms with E-state index in [1.807, 2.05) is 44.2 Å². The van der Waals surface area contributed by atoms with E-state index < -0.39 is 16.8 Å². The molecule has 6 heteroatoms. The van der Waals surface area contributed by atoms with E-state index in [0.29, 0.717) is 30.1 Å². The molecule has 6 saturated carbocycles. The topological polar surface area (TPSA) is 89.9 Å². The summed E-state index contributed by atoms with van der Waals surface area (Å²) < 4.78 is 12.2. The molecular weight excluding hydrogens is 636 g/mol. The minimum Gasteiger partial charge on any atom is -0.481 e. The molecule has 0 spiro atoms. The number of aliphatic carboxylic acids is 1. The maximum Gasteiger partial charge on any atom is 0.309 e. The molecule has 0 amide bonds. The molecule has 280 valence electrons. The third-order valence-electron chi connectivity index (χ3n) is 17.8. The van der Waals surface area contributed by atoms with Gasteiger partial charge in [0.25, 0.3) is 0 Å². The smallest absolute Gasteiger partial charge is 0.309 e. The summed E-state index contributed by atoms with van der Waals surface area (Å²) in [5.74, 6) is 0.286. The van der Waals surface area contributed by atoms with Crippen LogP contribution in [0.25, 0.3) is 0 Å². The van der Waals surface area contributed by atoms with Crippen LogP contribution in [0.15, 0.2) is 42.5 Å². The van der Waals surface area contributed by atoms with Crippen molar-refractivity contribution in [3.8, 4) is 0 Å². The van der Waals surface area contributed by atoms with Crippen LogP contribution in [0.5, 0.6) is 0 Å². The number of allylic oxidation sites excluding steroid dienone is 1. The summed E-state index contributed by atoms with van der Waals surface area (Å²) in [5, 5.41) is 10.7. The number of carbonyl (C=O) groups excluding carboxylic acids is 2. The fraction of sp³-hybridized carbons (Fsp3) is 0.756. The molecule has 6 fully saturated rings. The molecular formula is C45H64O6. The van der Waals surface area contributed by atoms with Crippen molar-refractivity contribution < 1.29 is 29.0 Å². The Kier molecular flexibility index (Phi) is 8.78. The van der Waals surface area contributed by atoms with Crippen LogP contribution in [0.1, 0.15) is 132 Å². The van der Waals surface area contributed by atoms with Crippen molar-refractivity contribution in [2.75, 3.05) is 0 Å². The van der Waals surface area contributed by atoms with Crippen LogP contribution in [0.3, 0.4) is 0 Å². The van der Waals surface area contributed by atoms with Gasteiger partial charge in [-0.05, 0) is 134 Å². The van der Waals surface area contributed by atoms with Crippen LogP contribution >= 0.6 is 0 Å². The molecule has 1 aromatic carbocycles. The standard InChI is InChI=1S/C45H64O6/c1-27(2)29-17-22-45(39(48)49)24-23-43(8)30(36(29)45)15-16-34-42(7)20-19-35(41(5,6)33(42)18-21-44(34,43)9)51-38(47)32-25-31(40(32,3)4)37(46)50-26-28-13-11-10-12-14-28/h10-14,29-36H,1,15-26H2,2-9H3,(H,48,49)/t29-,30?,31?,32?,33-,34+,35-,36?,42-,43+,44+,45-/m0/s1. The Labute approximate surface area is 306 Å². The van der Waals surface area contributed by atoms with Crippen LogP contribution in [-0.2, 0) is 30.5 Å². The van der Waals surface area contributed by atoms with Crippen molar-refractivity contribution >= 4 is 17.9 Å². The van der Waals surface area contributed by atoms with E-state index in [9.17, 15) is 19.5 Å². The van der Waals surface area contributed by atoms with Crippen molar-refractivity contribution in [1.29, 1.82) is 0 Å². The number of hydrogen-bond acceptors (Lipinski definition) is 5. The largest absolute Gasteiger partial charge is 0.481 e. The van der Waals surface area contributed by atoms with Gasteiger partial charge >= 0.3 is 17.9 Å². The summed E-state index contributed by atoms with van der Waals surface area (Å²) in [6.07, 6.45) is 10.3. The highest BCUT2D eigenvalue weighted by atomic mass is 16.5. The fourth-order valence-corrected chi connectivity index (χ4v) is 14.5. The van der Waals surface area contributed by atoms with E-state index in [1.165, 1.54) is 5.57 Å². The molecule has 0 aliphatic heterocycles. The Morgan fingerprint density at radius 3 is 2.10 bits per heavy atom. The molecule has 1 N–H and O–H groups in total. The van der Waals surface area contributed by atoms with E-state index >= 15 is 0 Å². The van der Waals surface area contributed by atoms with Gasteiger partial charge in [0.2, 0.25) is 0 Å². The average Bonchev–Trinajstić information content (AvgIpc) is 3.47. The molecule has 0 aromatic heterocycles. The summed E-state index contributed by atoms with van der Waals surface area (Å²) in [5.41, 5.74) is 1.20. The third-order valence-corrected chi connectivity index (χ3v) is 17.8. The first-order valence-electron chi connectivity index (χ1n) is 20.1. The van der Waals surface area contributed by atoms with Crippen molar-refractivity contribution in [3.05, 3.63) is 48.0 Å². The predicted molar refractivity (Wildman–Crippen MR) is 198 cm³/mol. The number of carboxylic acid groups (broad SMARTS) is 1. The van der Waals surface area contributed by atoms with Gasteiger partial charge in [-0.15, -0.1) is 0 Å². The van der Waals surface area contributed by atoms with Crippen LogP contribution in [0, 0.1) is 73.9 Å². The molecule has 6 aliphatic rings. The zero-order valence-electron chi connectivity index (χ0n) is 32.7. The van der Waals surface area contributed by atoms with Crippen LogP contribution < -0.4 is 0 Å². The Bertz CT molecular complexity index is 1580. The molecule has 6 nitrogen and oxygen atoms in total. The second-order valence-electron chi connectivity index (χ2n) is 20.2. The normalized spacial score (nSPS) is 44.7. The minimum atomic E-state index is -0.598. The lowest BCUT2D eigenvalue weighted by Gasteiger charge is -2.72. The van der Waals surface area contributed by atoms with Gasteiger partial charge < -0.3 is 14.6 Å². The Hall–Kier alpha value is -2.63. The molecule has 0 saturated heterocycles. The van der Waals surface area contributed by atoms with Gasteiger partial charge in [0.1, 0.15) is 12.7 Å². The lowest BCUT2D eigenvalue weighted by atomic mass is 9.32. The maximum atomic E-state index is 13.9. The Morgan fingerprint density at radius 1 is 0.765 bits per heavy atom. The SMILES string of the molecule is C=C(C)[C@@H]1CC[C@]2(C(=O)O)CC[C@]3(C)C(CC[C@@H]4[C@@]5(C)CC[C@H](OC(=O)C6CC(C(=O)OCc7ccccc7)C6(C)C)C(C)(C)[C@@H]5CC[C@]43C)C12. The van der Waals surface area contributed by atoms with Crippen molar-refractivity contribution in [1.82, 2.24) is 0 Å². The molecule has 6 aliphatic carbocycles. The van der Waals surface area contributed by atoms with E-state index in [2.05, 4.69) is 48.1 Å². The second-order valence-corrected chi connectivity index (χ2v) is 20.2. The molecule has 0 bridgehead atoms. The molecule has 12 atom stereocenters. The number of fused-ring (bicyclic) bond motifs is 7. The number of carboxylic acids is 1. The number of benzene rings is 1. The summed E-state index contributed by atoms with van der Waals surface area (Å²) in [6, 6.07) is 9.71. The Morgan fingerprint density at radius 2 is 1.45 bits per heavy atom. The van der Waals surface area contributed by atoms with Gasteiger partial charge in [-0.2, -0.15) is 0 Å². The number of rotatable bonds is 7. The zero-order chi connectivity index (χ0) is 36.9. The van der Waals surface area contributed by atoms with Gasteiger partial charge in [0.15, 0.2) is 0 Å². The Balaban J connectivity index is 1.05. The van der Waals surface area contributed by atoms with Gasteiger partial charge in [0.05, 0.1) is 17.3 Å². The molecule has 0 radical (unpaired) electrons. The van der Waals surface area contributed by atoms with Gasteiger partial charge in [-0.3, -0.25) is 14.4 Å². The minimum absolute atomic E-state index is 0.0909. The summed E-state index contributed by atoms with van der Waals surface area (Å²) in [6.45, 7) is 23.2. The lowest BCUT2D eigenvalue weighted by Crippen LogP contribution is -2.67. The summed E-state index contributed by atoms with van der Waals surface area (Å²) in [7, 11) is 0. The molecule has 51 heavy (non-hydrogen) atoms. The van der Waals surface area contributed by atoms with Crippen LogP contribution in [0.2, 0.25) is 0 Å². The number of esters is 2. The second kappa shape index (κ2) is 12.2. The third kappa shape index (κ3) is 5.17. The van der Waals surface area contributed by atoms with E-state index in [4.69, 9.17) is 9.47 Å². The zero-order valence-corrected chi connectivity index (χ0v) is 32.7. The number of carbonyl (C=O) groups is 3. The fourth-order valence-electron chi connectivity index (χ4n) is 14.5. The van der Waals surface area contributed by atoms with Crippen molar-refractivity contribution in [2.24, 2.45) is 73.9 Å². The van der Waals surface area contributed by atoms with Crippen molar-refractivity contribution in [2.45, 2.75) is 139 Å². The first kappa shape index (κ1) is 36.7. The maximum absolute atomic E-state index is 13.9. The quantitative estimate of drug-likeness (QED) is 0.225. The molecule has 0 heterocycles. The van der Waals surface area contributed by atoms with Crippen LogP contribution in [0.4, 0.5) is 0 Å². The van der Waals surface area contributed by atoms with Gasteiger partial charge in [-0.25, -0.2) is 0 Å². The van der Waals surface area contributed by atoms with Crippen LogP contribution in [-0.4, -0.2) is 29.1 Å². The van der Waals surface area contributed by atoms with E-state index in [0.717, 1.165) is 69.8 Å². The van der Waals surface area contributed by atoms with E-state index in [-0.39, 0.29) is 64.1 Å². The number of hydrogen-bond donors (Lipinski definition) is 1.